The molecule has 0 radical (unpaired) electrons. The predicted molar refractivity (Wildman–Crippen MR) is 32.6 cm³/mol. The van der Waals surface area contributed by atoms with Crippen molar-refractivity contribution in [3.05, 3.63) is 0 Å². The number of guanidine groups is 1. The topological polar surface area (TPSA) is 60.6 Å². The Morgan fingerprint density at radius 1 is 1.75 bits per heavy atom. The summed E-state index contributed by atoms with van der Waals surface area (Å²) in [5.74, 6) is 0.417. The maximum atomic E-state index is 6.40. The molecule has 0 aliphatic carbocycles. The van der Waals surface area contributed by atoms with Gasteiger partial charge in [0, 0.05) is 14.1 Å². The minimum Gasteiger partial charge on any atom is -0.357 e. The van der Waals surface area contributed by atoms with Gasteiger partial charge < -0.3 is 5.32 Å². The van der Waals surface area contributed by atoms with Gasteiger partial charge in [0.2, 0.25) is 5.96 Å². The fourth-order valence-corrected chi connectivity index (χ4v) is 0.271. The van der Waals surface area contributed by atoms with Gasteiger partial charge in [-0.3, -0.25) is 4.99 Å². The van der Waals surface area contributed by atoms with Crippen molar-refractivity contribution in [2.45, 2.75) is 0 Å². The quantitative estimate of drug-likeness (QED) is 0.335. The first-order chi connectivity index (χ1) is 3.85. The smallest absolute Gasteiger partial charge is 0.227 e. The molecule has 0 spiro atoms. The molecule has 8 heavy (non-hydrogen) atoms. The lowest BCUT2D eigenvalue weighted by atomic mass is 10.9. The Bertz CT molecular complexity index is 131. The largest absolute Gasteiger partial charge is 0.357 e. The summed E-state index contributed by atoms with van der Waals surface area (Å²) in [5.41, 5.74) is 0. The second-order valence-corrected chi connectivity index (χ2v) is 1.02. The van der Waals surface area contributed by atoms with Gasteiger partial charge in [-0.05, 0) is 0 Å². The first-order valence-corrected chi connectivity index (χ1v) is 2.12. The summed E-state index contributed by atoms with van der Waals surface area (Å²) in [6, 6.07) is 1.85. The zero-order valence-electron chi connectivity index (χ0n) is 4.89. The average molecular weight is 112 g/mol. The highest BCUT2D eigenvalue weighted by atomic mass is 15.1. The van der Waals surface area contributed by atoms with Crippen LogP contribution < -0.4 is 5.32 Å². The number of aliphatic imine (C=N–C) groups is 2. The van der Waals surface area contributed by atoms with Crippen LogP contribution in [0.25, 0.3) is 0 Å². The SMILES string of the molecule is CN=C(N=C=N)NC. The van der Waals surface area contributed by atoms with Crippen molar-refractivity contribution in [2.24, 2.45) is 9.98 Å². The molecule has 0 bridgehead atoms. The van der Waals surface area contributed by atoms with Crippen LogP contribution in [-0.2, 0) is 0 Å². The van der Waals surface area contributed by atoms with Crippen molar-refractivity contribution < 1.29 is 0 Å². The van der Waals surface area contributed by atoms with E-state index in [1.165, 1.54) is 0 Å². The second-order valence-electron chi connectivity index (χ2n) is 1.02. The second kappa shape index (κ2) is 4.02. The maximum absolute atomic E-state index is 6.40. The van der Waals surface area contributed by atoms with Crippen LogP contribution in [0.3, 0.4) is 0 Å². The number of nitrogens with zero attached hydrogens (tertiary/aromatic N) is 2. The Kier molecular flexibility index (Phi) is 3.44. The van der Waals surface area contributed by atoms with E-state index in [-0.39, 0.29) is 0 Å². The van der Waals surface area contributed by atoms with E-state index >= 15 is 0 Å². The molecule has 0 atom stereocenters. The van der Waals surface area contributed by atoms with Crippen molar-refractivity contribution in [1.82, 2.24) is 5.32 Å². The van der Waals surface area contributed by atoms with Crippen molar-refractivity contribution in [3.8, 4) is 0 Å². The molecule has 0 heterocycles. The van der Waals surface area contributed by atoms with Gasteiger partial charge in [-0.1, -0.05) is 0 Å². The summed E-state index contributed by atoms with van der Waals surface area (Å²) in [7, 11) is 3.27. The Labute approximate surface area is 47.9 Å². The Morgan fingerprint density at radius 3 is 2.50 bits per heavy atom. The van der Waals surface area contributed by atoms with E-state index in [4.69, 9.17) is 5.41 Å². The minimum atomic E-state index is 0.417. The van der Waals surface area contributed by atoms with Crippen molar-refractivity contribution in [2.75, 3.05) is 14.1 Å². The zero-order chi connectivity index (χ0) is 6.41. The Balaban J connectivity index is 3.91. The van der Waals surface area contributed by atoms with Gasteiger partial charge in [-0.15, -0.1) is 0 Å². The summed E-state index contributed by atoms with van der Waals surface area (Å²) in [6.45, 7) is 0. The van der Waals surface area contributed by atoms with Crippen molar-refractivity contribution in [3.63, 3.8) is 0 Å². The van der Waals surface area contributed by atoms with E-state index in [2.05, 4.69) is 15.3 Å². The fourth-order valence-electron chi connectivity index (χ4n) is 0.271. The number of rotatable bonds is 0. The molecular weight excluding hydrogens is 104 g/mol. The van der Waals surface area contributed by atoms with Gasteiger partial charge in [0.25, 0.3) is 0 Å². The molecule has 0 amide bonds. The normalized spacial score (nSPS) is 10.0. The minimum absolute atomic E-state index is 0.417. The number of nitrogens with one attached hydrogen (secondary N) is 2. The van der Waals surface area contributed by atoms with Crippen LogP contribution in [0.2, 0.25) is 0 Å². The molecule has 0 aliphatic heterocycles. The first kappa shape index (κ1) is 6.85. The Hall–Kier alpha value is -1.15. The molecule has 0 rings (SSSR count). The van der Waals surface area contributed by atoms with E-state index in [0.717, 1.165) is 0 Å². The van der Waals surface area contributed by atoms with Crippen LogP contribution in [0.1, 0.15) is 0 Å². The highest BCUT2D eigenvalue weighted by molar-refractivity contribution is 5.84. The molecular formula is C4H8N4. The van der Waals surface area contributed by atoms with Crippen LogP contribution >= 0.6 is 0 Å². The molecule has 4 heteroatoms. The number of hydrogen-bond acceptors (Lipinski definition) is 2. The summed E-state index contributed by atoms with van der Waals surface area (Å²) in [6.07, 6.45) is 0. The highest BCUT2D eigenvalue weighted by Crippen LogP contribution is 1.66. The van der Waals surface area contributed by atoms with Crippen LogP contribution in [0.5, 0.6) is 0 Å². The third kappa shape index (κ3) is 2.10. The molecule has 0 aromatic carbocycles. The average Bonchev–Trinajstić information content (AvgIpc) is 1.83. The van der Waals surface area contributed by atoms with Gasteiger partial charge >= 0.3 is 0 Å². The molecule has 44 valence electrons. The van der Waals surface area contributed by atoms with Crippen molar-refractivity contribution >= 4 is 12.0 Å². The third-order valence-corrected chi connectivity index (χ3v) is 0.597. The van der Waals surface area contributed by atoms with E-state index in [9.17, 15) is 0 Å². The van der Waals surface area contributed by atoms with Gasteiger partial charge in [-0.25, -0.2) is 5.41 Å². The van der Waals surface area contributed by atoms with E-state index in [1.54, 1.807) is 14.1 Å². The van der Waals surface area contributed by atoms with E-state index < -0.39 is 0 Å². The molecule has 2 N–H and O–H groups in total. The molecule has 4 nitrogen and oxygen atoms in total. The molecule has 0 fully saturated rings. The van der Waals surface area contributed by atoms with Crippen LogP contribution in [-0.4, -0.2) is 26.1 Å². The van der Waals surface area contributed by atoms with Crippen LogP contribution in [0.15, 0.2) is 9.98 Å². The standard InChI is InChI=1S/C4H8N4/c1-6-4(7-2)8-3-5/h5H,1-2H3,(H,6,7). The van der Waals surface area contributed by atoms with Gasteiger partial charge in [0.05, 0.1) is 6.01 Å². The Morgan fingerprint density at radius 2 is 2.38 bits per heavy atom. The monoisotopic (exact) mass is 112 g/mol. The van der Waals surface area contributed by atoms with Gasteiger partial charge in [0.15, 0.2) is 0 Å². The molecule has 0 aromatic heterocycles. The summed E-state index contributed by atoms with van der Waals surface area (Å²) in [5, 5.41) is 9.06. The fraction of sp³-hybridized carbons (Fsp3) is 0.500. The van der Waals surface area contributed by atoms with Gasteiger partial charge in [-0.2, -0.15) is 4.99 Å². The predicted octanol–water partition coefficient (Wildman–Crippen LogP) is -0.0557. The lowest BCUT2D eigenvalue weighted by Gasteiger charge is -1.89. The summed E-state index contributed by atoms with van der Waals surface area (Å²) in [4.78, 5) is 7.07. The summed E-state index contributed by atoms with van der Waals surface area (Å²) < 4.78 is 0. The maximum Gasteiger partial charge on any atom is 0.227 e. The molecule has 0 unspecified atom stereocenters. The lowest BCUT2D eigenvalue weighted by molar-refractivity contribution is 1.12. The van der Waals surface area contributed by atoms with Gasteiger partial charge in [0.1, 0.15) is 0 Å². The first-order valence-electron chi connectivity index (χ1n) is 2.12. The molecule has 0 saturated carbocycles. The summed E-state index contributed by atoms with van der Waals surface area (Å²) >= 11 is 0. The van der Waals surface area contributed by atoms with Crippen molar-refractivity contribution in [1.29, 1.82) is 5.41 Å². The molecule has 0 aliphatic rings. The van der Waals surface area contributed by atoms with Crippen LogP contribution in [0, 0.1) is 5.41 Å². The number of hydrogen-bond donors (Lipinski definition) is 2. The lowest BCUT2D eigenvalue weighted by Crippen LogP contribution is -2.14. The van der Waals surface area contributed by atoms with Crippen LogP contribution in [0.4, 0.5) is 0 Å². The van der Waals surface area contributed by atoms with E-state index in [1.807, 2.05) is 6.01 Å². The molecule has 0 aromatic rings. The third-order valence-electron chi connectivity index (χ3n) is 0.597. The highest BCUT2D eigenvalue weighted by Gasteiger charge is 1.81. The molecule has 0 saturated heterocycles. The zero-order valence-corrected chi connectivity index (χ0v) is 4.89. The van der Waals surface area contributed by atoms with E-state index in [0.29, 0.717) is 5.96 Å².